The number of anilines is 1. The number of nitrogens with one attached hydrogen (secondary N) is 2. The van der Waals surface area contributed by atoms with Crippen LogP contribution in [0.1, 0.15) is 31.2 Å². The van der Waals surface area contributed by atoms with Crippen LogP contribution in [0.15, 0.2) is 42.9 Å². The SMILES string of the molecule is c1cnn(Cc2cc(NC3CCCC3)c3[nH]ccc3c2)c1. The standard InChI is InChI=1S/C17H20N4/c1-2-5-15(4-1)20-16-11-13(12-21-9-3-7-19-21)10-14-6-8-18-17(14)16/h3,6-11,15,18,20H,1-2,4-5,12H2. The fourth-order valence-electron chi connectivity index (χ4n) is 3.31. The van der Waals surface area contributed by atoms with Gasteiger partial charge in [-0.3, -0.25) is 4.68 Å². The summed E-state index contributed by atoms with van der Waals surface area (Å²) in [6.45, 7) is 0.813. The number of hydrogen-bond donors (Lipinski definition) is 2. The van der Waals surface area contributed by atoms with Gasteiger partial charge in [-0.25, -0.2) is 0 Å². The maximum absolute atomic E-state index is 4.30. The van der Waals surface area contributed by atoms with Gasteiger partial charge < -0.3 is 10.3 Å². The van der Waals surface area contributed by atoms with Crippen molar-refractivity contribution in [2.45, 2.75) is 38.3 Å². The summed E-state index contributed by atoms with van der Waals surface area (Å²) >= 11 is 0. The average Bonchev–Trinajstić information content (AvgIpc) is 3.19. The third kappa shape index (κ3) is 2.53. The predicted octanol–water partition coefficient (Wildman–Crippen LogP) is 3.77. The lowest BCUT2D eigenvalue weighted by Crippen LogP contribution is -2.15. The largest absolute Gasteiger partial charge is 0.381 e. The van der Waals surface area contributed by atoms with E-state index in [1.807, 2.05) is 29.3 Å². The van der Waals surface area contributed by atoms with Crippen molar-refractivity contribution >= 4 is 16.6 Å². The molecule has 0 bridgehead atoms. The van der Waals surface area contributed by atoms with E-state index in [1.165, 1.54) is 47.8 Å². The van der Waals surface area contributed by atoms with Crippen LogP contribution in [0, 0.1) is 0 Å². The van der Waals surface area contributed by atoms with E-state index < -0.39 is 0 Å². The molecule has 0 atom stereocenters. The molecule has 1 aliphatic carbocycles. The van der Waals surface area contributed by atoms with Crippen LogP contribution in [0.3, 0.4) is 0 Å². The van der Waals surface area contributed by atoms with Crippen LogP contribution in [0.4, 0.5) is 5.69 Å². The van der Waals surface area contributed by atoms with E-state index in [-0.39, 0.29) is 0 Å². The topological polar surface area (TPSA) is 45.6 Å². The minimum atomic E-state index is 0.622. The number of fused-ring (bicyclic) bond motifs is 1. The number of rotatable bonds is 4. The Morgan fingerprint density at radius 2 is 2.19 bits per heavy atom. The molecule has 0 saturated heterocycles. The molecule has 0 unspecified atom stereocenters. The molecule has 4 nitrogen and oxygen atoms in total. The summed E-state index contributed by atoms with van der Waals surface area (Å²) in [6, 6.07) is 9.23. The normalized spacial score (nSPS) is 15.8. The molecule has 3 aromatic rings. The number of hydrogen-bond acceptors (Lipinski definition) is 2. The Morgan fingerprint density at radius 1 is 1.29 bits per heavy atom. The van der Waals surface area contributed by atoms with Gasteiger partial charge in [-0.1, -0.05) is 12.8 Å². The van der Waals surface area contributed by atoms with Crippen LogP contribution >= 0.6 is 0 Å². The van der Waals surface area contributed by atoms with Crippen molar-refractivity contribution in [1.29, 1.82) is 0 Å². The zero-order valence-electron chi connectivity index (χ0n) is 12.0. The van der Waals surface area contributed by atoms with Gasteiger partial charge in [0.25, 0.3) is 0 Å². The van der Waals surface area contributed by atoms with Gasteiger partial charge in [0, 0.05) is 30.0 Å². The molecule has 1 saturated carbocycles. The molecule has 4 rings (SSSR count). The van der Waals surface area contributed by atoms with Gasteiger partial charge in [-0.15, -0.1) is 0 Å². The number of aromatic nitrogens is 3. The summed E-state index contributed by atoms with van der Waals surface area (Å²) in [7, 11) is 0. The van der Waals surface area contributed by atoms with E-state index in [0.29, 0.717) is 6.04 Å². The Hall–Kier alpha value is -2.23. The molecular weight excluding hydrogens is 260 g/mol. The van der Waals surface area contributed by atoms with Crippen LogP contribution in [0.2, 0.25) is 0 Å². The van der Waals surface area contributed by atoms with Gasteiger partial charge in [-0.2, -0.15) is 5.10 Å². The highest BCUT2D eigenvalue weighted by atomic mass is 15.3. The highest BCUT2D eigenvalue weighted by molar-refractivity contribution is 5.91. The van der Waals surface area contributed by atoms with Gasteiger partial charge in [0.1, 0.15) is 0 Å². The summed E-state index contributed by atoms with van der Waals surface area (Å²) in [4.78, 5) is 3.36. The molecule has 2 N–H and O–H groups in total. The third-order valence-corrected chi connectivity index (χ3v) is 4.34. The van der Waals surface area contributed by atoms with Crippen molar-refractivity contribution in [3.8, 4) is 0 Å². The third-order valence-electron chi connectivity index (χ3n) is 4.34. The number of aromatic amines is 1. The first-order valence-electron chi connectivity index (χ1n) is 7.72. The smallest absolute Gasteiger partial charge is 0.0689 e. The molecule has 0 radical (unpaired) electrons. The second-order valence-corrected chi connectivity index (χ2v) is 5.91. The summed E-state index contributed by atoms with van der Waals surface area (Å²) < 4.78 is 1.97. The second-order valence-electron chi connectivity index (χ2n) is 5.91. The van der Waals surface area contributed by atoms with E-state index in [2.05, 4.69) is 33.6 Å². The first-order chi connectivity index (χ1) is 10.4. The van der Waals surface area contributed by atoms with Crippen molar-refractivity contribution in [3.05, 3.63) is 48.4 Å². The zero-order chi connectivity index (χ0) is 14.1. The highest BCUT2D eigenvalue weighted by Gasteiger charge is 2.16. The lowest BCUT2D eigenvalue weighted by Gasteiger charge is -2.16. The fourth-order valence-corrected chi connectivity index (χ4v) is 3.31. The first-order valence-corrected chi connectivity index (χ1v) is 7.72. The Balaban J connectivity index is 1.67. The van der Waals surface area contributed by atoms with Gasteiger partial charge in [0.05, 0.1) is 17.7 Å². The van der Waals surface area contributed by atoms with Crippen LogP contribution in [0.5, 0.6) is 0 Å². The molecule has 2 aromatic heterocycles. The Morgan fingerprint density at radius 3 is 3.00 bits per heavy atom. The summed E-state index contributed by atoms with van der Waals surface area (Å²) in [5.74, 6) is 0. The average molecular weight is 280 g/mol. The van der Waals surface area contributed by atoms with E-state index in [4.69, 9.17) is 0 Å². The summed E-state index contributed by atoms with van der Waals surface area (Å²) in [5, 5.41) is 9.29. The lowest BCUT2D eigenvalue weighted by molar-refractivity contribution is 0.687. The van der Waals surface area contributed by atoms with Crippen LogP contribution < -0.4 is 5.32 Å². The molecule has 1 aliphatic rings. The molecule has 21 heavy (non-hydrogen) atoms. The van der Waals surface area contributed by atoms with Gasteiger partial charge in [0.2, 0.25) is 0 Å². The quantitative estimate of drug-likeness (QED) is 0.764. The van der Waals surface area contributed by atoms with Crippen LogP contribution in [-0.4, -0.2) is 20.8 Å². The monoisotopic (exact) mass is 280 g/mol. The van der Waals surface area contributed by atoms with E-state index in [9.17, 15) is 0 Å². The van der Waals surface area contributed by atoms with E-state index in [1.54, 1.807) is 0 Å². The lowest BCUT2D eigenvalue weighted by atomic mass is 10.1. The zero-order valence-corrected chi connectivity index (χ0v) is 12.0. The molecule has 1 aromatic carbocycles. The molecule has 0 aliphatic heterocycles. The van der Waals surface area contributed by atoms with Gasteiger partial charge >= 0.3 is 0 Å². The Labute approximate surface area is 124 Å². The van der Waals surface area contributed by atoms with Gasteiger partial charge in [0.15, 0.2) is 0 Å². The molecular formula is C17H20N4. The predicted molar refractivity (Wildman–Crippen MR) is 85.5 cm³/mol. The maximum atomic E-state index is 4.30. The molecule has 108 valence electrons. The van der Waals surface area contributed by atoms with Crippen molar-refractivity contribution < 1.29 is 0 Å². The van der Waals surface area contributed by atoms with Crippen LogP contribution in [-0.2, 0) is 6.54 Å². The Bertz CT molecular complexity index is 720. The van der Waals surface area contributed by atoms with E-state index >= 15 is 0 Å². The molecule has 0 amide bonds. The number of nitrogens with zero attached hydrogens (tertiary/aromatic N) is 2. The number of benzene rings is 1. The molecule has 1 fully saturated rings. The molecule has 0 spiro atoms. The van der Waals surface area contributed by atoms with Crippen molar-refractivity contribution in [1.82, 2.24) is 14.8 Å². The minimum Gasteiger partial charge on any atom is -0.381 e. The summed E-state index contributed by atoms with van der Waals surface area (Å²) in [5.41, 5.74) is 3.73. The van der Waals surface area contributed by atoms with Crippen LogP contribution in [0.25, 0.3) is 10.9 Å². The summed E-state index contributed by atoms with van der Waals surface area (Å²) in [6.07, 6.45) is 11.1. The van der Waals surface area contributed by atoms with Crippen molar-refractivity contribution in [2.75, 3.05) is 5.32 Å². The first kappa shape index (κ1) is 12.5. The van der Waals surface area contributed by atoms with Crippen molar-refractivity contribution in [2.24, 2.45) is 0 Å². The Kier molecular flexibility index (Phi) is 3.14. The molecule has 4 heteroatoms. The highest BCUT2D eigenvalue weighted by Crippen LogP contribution is 2.29. The van der Waals surface area contributed by atoms with E-state index in [0.717, 1.165) is 6.54 Å². The molecule has 2 heterocycles. The maximum Gasteiger partial charge on any atom is 0.0689 e. The van der Waals surface area contributed by atoms with Crippen molar-refractivity contribution in [3.63, 3.8) is 0 Å². The fraction of sp³-hybridized carbons (Fsp3) is 0.353. The van der Waals surface area contributed by atoms with Gasteiger partial charge in [-0.05, 0) is 42.7 Å². The number of H-pyrrole nitrogens is 1. The second kappa shape index (κ2) is 5.28. The minimum absolute atomic E-state index is 0.622.